The van der Waals surface area contributed by atoms with E-state index >= 15 is 0 Å². The van der Waals surface area contributed by atoms with Crippen LogP contribution in [0.1, 0.15) is 10.4 Å². The molecule has 3 N–H and O–H groups in total. The van der Waals surface area contributed by atoms with Gasteiger partial charge in [-0.2, -0.15) is 0 Å². The molecule has 0 spiro atoms. The van der Waals surface area contributed by atoms with Gasteiger partial charge in [0.2, 0.25) is 5.91 Å². The third-order valence-corrected chi connectivity index (χ3v) is 4.22. The summed E-state index contributed by atoms with van der Waals surface area (Å²) >= 11 is 6.99. The average molecular weight is 415 g/mol. The van der Waals surface area contributed by atoms with Crippen LogP contribution in [-0.2, 0) is 0 Å². The van der Waals surface area contributed by atoms with E-state index in [-0.39, 0.29) is 21.5 Å². The first kappa shape index (κ1) is 18.9. The summed E-state index contributed by atoms with van der Waals surface area (Å²) in [6.07, 6.45) is -3.39. The first-order valence-corrected chi connectivity index (χ1v) is 8.51. The van der Waals surface area contributed by atoms with Crippen LogP contribution < -0.4 is 15.8 Å². The molecule has 0 aliphatic rings. The summed E-state index contributed by atoms with van der Waals surface area (Å²) in [6, 6.07) is 6.60. The summed E-state index contributed by atoms with van der Waals surface area (Å²) in [6.45, 7) is 0. The molecule has 0 unspecified atom stereocenters. The number of carbonyl (C=O) groups is 1. The van der Waals surface area contributed by atoms with Crippen molar-refractivity contribution in [2.45, 2.75) is 6.36 Å². The van der Waals surface area contributed by atoms with Gasteiger partial charge in [-0.15, -0.1) is 24.5 Å². The Bertz CT molecular complexity index is 994. The molecule has 0 atom stereocenters. The lowest BCUT2D eigenvalue weighted by Gasteiger charge is -2.14. The largest absolute Gasteiger partial charge is 0.573 e. The molecule has 11 heteroatoms. The minimum Gasteiger partial charge on any atom is -0.404 e. The Morgan fingerprint density at radius 2 is 2.04 bits per heavy atom. The lowest BCUT2D eigenvalue weighted by atomic mass is 10.2. The molecule has 3 rings (SSSR count). The summed E-state index contributed by atoms with van der Waals surface area (Å²) in [5.41, 5.74) is 6.35. The number of hydrogen-bond acceptors (Lipinski definition) is 6. The highest BCUT2D eigenvalue weighted by Gasteiger charge is 2.32. The average Bonchev–Trinajstić information content (AvgIpc) is 3.03. The van der Waals surface area contributed by atoms with Crippen molar-refractivity contribution >= 4 is 39.7 Å². The summed E-state index contributed by atoms with van der Waals surface area (Å²) in [7, 11) is 0. The van der Waals surface area contributed by atoms with E-state index in [9.17, 15) is 18.0 Å². The molecule has 1 amide bonds. The number of pyridine rings is 1. The van der Waals surface area contributed by atoms with E-state index in [1.165, 1.54) is 6.20 Å². The Labute approximate surface area is 159 Å². The second-order valence-electron chi connectivity index (χ2n) is 5.15. The maximum atomic E-state index is 12.6. The molecule has 0 saturated heterocycles. The number of aromatic nitrogens is 2. The van der Waals surface area contributed by atoms with Gasteiger partial charge in [0.25, 0.3) is 0 Å². The number of thiazole rings is 1. The monoisotopic (exact) mass is 414 g/mol. The molecule has 0 saturated carbocycles. The summed E-state index contributed by atoms with van der Waals surface area (Å²) in [5.74, 6) is -1.31. The van der Waals surface area contributed by atoms with Crippen LogP contribution in [0.2, 0.25) is 5.15 Å². The third-order valence-electron chi connectivity index (χ3n) is 3.26. The molecule has 0 fully saturated rings. The minimum absolute atomic E-state index is 0.0183. The predicted octanol–water partition coefficient (Wildman–Crippen LogP) is 4.60. The molecule has 2 aromatic heterocycles. The van der Waals surface area contributed by atoms with Crippen molar-refractivity contribution in [2.75, 3.05) is 5.32 Å². The van der Waals surface area contributed by atoms with Gasteiger partial charge in [0.15, 0.2) is 10.9 Å². The van der Waals surface area contributed by atoms with Crippen LogP contribution in [0, 0.1) is 0 Å². The van der Waals surface area contributed by atoms with E-state index in [1.54, 1.807) is 17.5 Å². The summed E-state index contributed by atoms with van der Waals surface area (Å²) in [4.78, 5) is 19.5. The SMILES string of the molecule is NC(=O)c1ccc(OC(F)(F)F)c(Nc2nc(-c3ccnc(Cl)c3)cs2)c1. The van der Waals surface area contributed by atoms with Gasteiger partial charge in [-0.1, -0.05) is 11.6 Å². The van der Waals surface area contributed by atoms with Gasteiger partial charge in [0, 0.05) is 22.7 Å². The molecule has 27 heavy (non-hydrogen) atoms. The van der Waals surface area contributed by atoms with Crippen LogP contribution in [0.3, 0.4) is 0 Å². The minimum atomic E-state index is -4.90. The van der Waals surface area contributed by atoms with Gasteiger partial charge in [-0.3, -0.25) is 4.79 Å². The maximum absolute atomic E-state index is 12.6. The van der Waals surface area contributed by atoms with Gasteiger partial charge < -0.3 is 15.8 Å². The van der Waals surface area contributed by atoms with E-state index in [1.807, 2.05) is 0 Å². The van der Waals surface area contributed by atoms with Crippen molar-refractivity contribution < 1.29 is 22.7 Å². The van der Waals surface area contributed by atoms with Gasteiger partial charge >= 0.3 is 6.36 Å². The summed E-state index contributed by atoms with van der Waals surface area (Å²) in [5, 5.41) is 4.98. The summed E-state index contributed by atoms with van der Waals surface area (Å²) < 4.78 is 41.8. The number of nitrogens with one attached hydrogen (secondary N) is 1. The van der Waals surface area contributed by atoms with Crippen LogP contribution in [0.15, 0.2) is 41.9 Å². The van der Waals surface area contributed by atoms with Crippen molar-refractivity contribution in [1.29, 1.82) is 0 Å². The lowest BCUT2D eigenvalue weighted by molar-refractivity contribution is -0.274. The second-order valence-corrected chi connectivity index (χ2v) is 6.40. The van der Waals surface area contributed by atoms with E-state index in [2.05, 4.69) is 20.0 Å². The molecular weight excluding hydrogens is 405 g/mol. The zero-order chi connectivity index (χ0) is 19.6. The van der Waals surface area contributed by atoms with Crippen LogP contribution in [-0.4, -0.2) is 22.2 Å². The van der Waals surface area contributed by atoms with Crippen molar-refractivity contribution in [3.05, 3.63) is 52.6 Å². The fourth-order valence-corrected chi connectivity index (χ4v) is 3.04. The molecule has 140 valence electrons. The number of rotatable bonds is 5. The number of benzene rings is 1. The van der Waals surface area contributed by atoms with Crippen molar-refractivity contribution in [2.24, 2.45) is 5.73 Å². The third kappa shape index (κ3) is 4.86. The lowest BCUT2D eigenvalue weighted by Crippen LogP contribution is -2.18. The second kappa shape index (κ2) is 7.41. The standard InChI is InChI=1S/C16H10ClF3N4O2S/c17-13-6-8(3-4-22-13)11-7-27-15(24-11)23-10-5-9(14(21)25)1-2-12(10)26-16(18,19)20/h1-7H,(H2,21,25)(H,23,24). The number of nitrogens with two attached hydrogens (primary N) is 1. The van der Waals surface area contributed by atoms with E-state index in [0.29, 0.717) is 11.3 Å². The Hall–Kier alpha value is -2.85. The maximum Gasteiger partial charge on any atom is 0.573 e. The van der Waals surface area contributed by atoms with Crippen LogP contribution in [0.4, 0.5) is 24.0 Å². The zero-order valence-corrected chi connectivity index (χ0v) is 14.8. The molecule has 2 heterocycles. The number of carbonyl (C=O) groups excluding carboxylic acids is 1. The van der Waals surface area contributed by atoms with E-state index < -0.39 is 18.0 Å². The molecule has 3 aromatic rings. The zero-order valence-electron chi connectivity index (χ0n) is 13.2. The van der Waals surface area contributed by atoms with Crippen molar-refractivity contribution in [3.8, 4) is 17.0 Å². The number of alkyl halides is 3. The fourth-order valence-electron chi connectivity index (χ4n) is 2.14. The topological polar surface area (TPSA) is 90.1 Å². The highest BCUT2D eigenvalue weighted by Crippen LogP contribution is 2.35. The van der Waals surface area contributed by atoms with Crippen LogP contribution >= 0.6 is 22.9 Å². The molecule has 0 bridgehead atoms. The highest BCUT2D eigenvalue weighted by molar-refractivity contribution is 7.14. The van der Waals surface area contributed by atoms with Gasteiger partial charge in [-0.05, 0) is 30.3 Å². The molecular formula is C16H10ClF3N4O2S. The van der Waals surface area contributed by atoms with Gasteiger partial charge in [-0.25, -0.2) is 9.97 Å². The number of nitrogens with zero attached hydrogens (tertiary/aromatic N) is 2. The highest BCUT2D eigenvalue weighted by atomic mass is 35.5. The number of halogens is 4. The first-order valence-electron chi connectivity index (χ1n) is 7.25. The molecule has 0 aliphatic heterocycles. The predicted molar refractivity (Wildman–Crippen MR) is 95.3 cm³/mol. The fraction of sp³-hybridized carbons (Fsp3) is 0.0625. The number of anilines is 2. The Balaban J connectivity index is 1.92. The Morgan fingerprint density at radius 3 is 2.70 bits per heavy atom. The van der Waals surface area contributed by atoms with Gasteiger partial charge in [0.1, 0.15) is 5.15 Å². The van der Waals surface area contributed by atoms with Crippen LogP contribution in [0.25, 0.3) is 11.3 Å². The molecule has 0 radical (unpaired) electrons. The smallest absolute Gasteiger partial charge is 0.404 e. The number of ether oxygens (including phenoxy) is 1. The van der Waals surface area contributed by atoms with Crippen LogP contribution in [0.5, 0.6) is 5.75 Å². The van der Waals surface area contributed by atoms with E-state index in [0.717, 1.165) is 29.5 Å². The number of amides is 1. The normalized spacial score (nSPS) is 11.3. The molecule has 0 aliphatic carbocycles. The first-order chi connectivity index (χ1) is 12.7. The Morgan fingerprint density at radius 1 is 1.26 bits per heavy atom. The van der Waals surface area contributed by atoms with Crippen molar-refractivity contribution in [1.82, 2.24) is 9.97 Å². The number of hydrogen-bond donors (Lipinski definition) is 2. The number of primary amides is 1. The molecule has 1 aromatic carbocycles. The van der Waals surface area contributed by atoms with E-state index in [4.69, 9.17) is 17.3 Å². The molecule has 6 nitrogen and oxygen atoms in total. The van der Waals surface area contributed by atoms with Crippen molar-refractivity contribution in [3.63, 3.8) is 0 Å². The Kier molecular flexibility index (Phi) is 5.19. The quantitative estimate of drug-likeness (QED) is 0.595. The van der Waals surface area contributed by atoms with Gasteiger partial charge in [0.05, 0.1) is 11.4 Å².